The summed E-state index contributed by atoms with van der Waals surface area (Å²) < 4.78 is 18.5. The standard InChI is InChI=1S/C15H12ClFO2/c1-10(15(18)11-5-3-2-4-6-11)19-12-7-8-14(17)13(16)9-12/h2-10H,1H3/t10-/m1/s1. The summed E-state index contributed by atoms with van der Waals surface area (Å²) in [6.07, 6.45) is -0.663. The molecule has 0 saturated heterocycles. The lowest BCUT2D eigenvalue weighted by Gasteiger charge is -2.14. The third-order valence-corrected chi connectivity index (χ3v) is 2.92. The Morgan fingerprint density at radius 2 is 1.89 bits per heavy atom. The van der Waals surface area contributed by atoms with Gasteiger partial charge in [0.2, 0.25) is 5.78 Å². The predicted octanol–water partition coefficient (Wildman–Crippen LogP) is 4.13. The summed E-state index contributed by atoms with van der Waals surface area (Å²) in [6, 6.07) is 12.9. The van der Waals surface area contributed by atoms with Crippen LogP contribution in [0.1, 0.15) is 17.3 Å². The maximum absolute atomic E-state index is 13.0. The van der Waals surface area contributed by atoms with E-state index in [-0.39, 0.29) is 10.8 Å². The van der Waals surface area contributed by atoms with Crippen molar-refractivity contribution in [3.63, 3.8) is 0 Å². The number of hydrogen-bond acceptors (Lipinski definition) is 2. The van der Waals surface area contributed by atoms with Gasteiger partial charge in [0, 0.05) is 11.6 Å². The highest BCUT2D eigenvalue weighted by Gasteiger charge is 2.16. The molecule has 0 aliphatic carbocycles. The van der Waals surface area contributed by atoms with Gasteiger partial charge in [-0.05, 0) is 19.1 Å². The monoisotopic (exact) mass is 278 g/mol. The van der Waals surface area contributed by atoms with E-state index in [9.17, 15) is 9.18 Å². The second kappa shape index (κ2) is 5.85. The van der Waals surface area contributed by atoms with Crippen LogP contribution in [0.5, 0.6) is 5.75 Å². The minimum atomic E-state index is -0.663. The molecule has 98 valence electrons. The van der Waals surface area contributed by atoms with Crippen LogP contribution in [0, 0.1) is 5.82 Å². The fourth-order valence-electron chi connectivity index (χ4n) is 1.64. The first kappa shape index (κ1) is 13.6. The topological polar surface area (TPSA) is 26.3 Å². The summed E-state index contributed by atoms with van der Waals surface area (Å²) in [7, 11) is 0. The fourth-order valence-corrected chi connectivity index (χ4v) is 1.82. The summed E-state index contributed by atoms with van der Waals surface area (Å²) in [5, 5.41) is -0.0307. The minimum absolute atomic E-state index is 0.0307. The lowest BCUT2D eigenvalue weighted by atomic mass is 10.1. The van der Waals surface area contributed by atoms with Crippen LogP contribution in [0.3, 0.4) is 0 Å². The number of Topliss-reactive ketones (excluding diaryl/α,β-unsaturated/α-hetero) is 1. The number of ketones is 1. The Labute approximate surface area is 115 Å². The molecule has 2 aromatic carbocycles. The Kier molecular flexibility index (Phi) is 4.17. The number of ether oxygens (including phenoxy) is 1. The summed E-state index contributed by atoms with van der Waals surface area (Å²) in [6.45, 7) is 1.65. The molecule has 0 aromatic heterocycles. The molecule has 0 unspecified atom stereocenters. The molecule has 2 aromatic rings. The van der Waals surface area contributed by atoms with Crippen molar-refractivity contribution in [2.75, 3.05) is 0 Å². The van der Waals surface area contributed by atoms with Crippen LogP contribution in [-0.4, -0.2) is 11.9 Å². The van der Waals surface area contributed by atoms with Crippen molar-refractivity contribution >= 4 is 17.4 Å². The average Bonchev–Trinajstić information content (AvgIpc) is 2.43. The lowest BCUT2D eigenvalue weighted by Crippen LogP contribution is -2.23. The molecule has 0 bridgehead atoms. The van der Waals surface area contributed by atoms with Gasteiger partial charge in [0.05, 0.1) is 5.02 Å². The second-order valence-electron chi connectivity index (χ2n) is 4.07. The number of carbonyl (C=O) groups excluding carboxylic acids is 1. The molecule has 0 saturated carbocycles. The predicted molar refractivity (Wildman–Crippen MR) is 72.3 cm³/mol. The van der Waals surface area contributed by atoms with Crippen molar-refractivity contribution in [1.29, 1.82) is 0 Å². The van der Waals surface area contributed by atoms with Crippen molar-refractivity contribution in [2.45, 2.75) is 13.0 Å². The SMILES string of the molecule is C[C@@H](Oc1ccc(F)c(Cl)c1)C(=O)c1ccccc1. The van der Waals surface area contributed by atoms with Gasteiger partial charge in [0.25, 0.3) is 0 Å². The summed E-state index contributed by atoms with van der Waals surface area (Å²) in [5.74, 6) is -0.291. The zero-order chi connectivity index (χ0) is 13.8. The van der Waals surface area contributed by atoms with Gasteiger partial charge in [0.1, 0.15) is 11.6 Å². The van der Waals surface area contributed by atoms with Crippen molar-refractivity contribution in [1.82, 2.24) is 0 Å². The van der Waals surface area contributed by atoms with E-state index >= 15 is 0 Å². The minimum Gasteiger partial charge on any atom is -0.483 e. The molecule has 0 aliphatic rings. The Morgan fingerprint density at radius 1 is 1.21 bits per heavy atom. The van der Waals surface area contributed by atoms with E-state index in [0.29, 0.717) is 11.3 Å². The molecule has 19 heavy (non-hydrogen) atoms. The first-order valence-corrected chi connectivity index (χ1v) is 6.16. The summed E-state index contributed by atoms with van der Waals surface area (Å²) >= 11 is 5.65. The molecule has 1 atom stereocenters. The van der Waals surface area contributed by atoms with Crippen molar-refractivity contribution < 1.29 is 13.9 Å². The molecule has 2 nitrogen and oxygen atoms in total. The number of benzene rings is 2. The van der Waals surface area contributed by atoms with E-state index in [0.717, 1.165) is 0 Å². The molecular weight excluding hydrogens is 267 g/mol. The maximum Gasteiger partial charge on any atom is 0.202 e. The van der Waals surface area contributed by atoms with Crippen LogP contribution in [0.15, 0.2) is 48.5 Å². The average molecular weight is 279 g/mol. The zero-order valence-corrected chi connectivity index (χ0v) is 11.0. The van der Waals surface area contributed by atoms with Gasteiger partial charge in [-0.25, -0.2) is 4.39 Å². The van der Waals surface area contributed by atoms with Crippen molar-refractivity contribution in [2.24, 2.45) is 0 Å². The van der Waals surface area contributed by atoms with E-state index in [1.807, 2.05) is 6.07 Å². The molecule has 0 amide bonds. The van der Waals surface area contributed by atoms with E-state index in [1.165, 1.54) is 18.2 Å². The van der Waals surface area contributed by atoms with E-state index in [1.54, 1.807) is 31.2 Å². The zero-order valence-electron chi connectivity index (χ0n) is 10.3. The van der Waals surface area contributed by atoms with Gasteiger partial charge in [-0.15, -0.1) is 0 Å². The normalized spacial score (nSPS) is 11.9. The number of halogens is 2. The molecule has 0 radical (unpaired) electrons. The smallest absolute Gasteiger partial charge is 0.202 e. The van der Waals surface area contributed by atoms with Crippen molar-refractivity contribution in [3.05, 3.63) is 64.9 Å². The fraction of sp³-hybridized carbons (Fsp3) is 0.133. The van der Waals surface area contributed by atoms with Crippen LogP contribution >= 0.6 is 11.6 Å². The van der Waals surface area contributed by atoms with Crippen LogP contribution in [0.4, 0.5) is 4.39 Å². The highest BCUT2D eigenvalue weighted by Crippen LogP contribution is 2.22. The Bertz CT molecular complexity index is 584. The van der Waals surface area contributed by atoms with Crippen LogP contribution in [0.25, 0.3) is 0 Å². The molecule has 4 heteroatoms. The number of rotatable bonds is 4. The second-order valence-corrected chi connectivity index (χ2v) is 4.47. The summed E-state index contributed by atoms with van der Waals surface area (Å²) in [4.78, 5) is 12.1. The Balaban J connectivity index is 2.10. The third-order valence-electron chi connectivity index (χ3n) is 2.63. The lowest BCUT2D eigenvalue weighted by molar-refractivity contribution is 0.0818. The van der Waals surface area contributed by atoms with Crippen LogP contribution < -0.4 is 4.74 Å². The molecule has 0 spiro atoms. The highest BCUT2D eigenvalue weighted by molar-refractivity contribution is 6.30. The quantitative estimate of drug-likeness (QED) is 0.786. The molecule has 0 heterocycles. The van der Waals surface area contributed by atoms with E-state index in [2.05, 4.69) is 0 Å². The van der Waals surface area contributed by atoms with Crippen molar-refractivity contribution in [3.8, 4) is 5.75 Å². The molecule has 0 aliphatic heterocycles. The molecule has 0 fully saturated rings. The Hall–Kier alpha value is -1.87. The maximum atomic E-state index is 13.0. The number of hydrogen-bond donors (Lipinski definition) is 0. The van der Waals surface area contributed by atoms with Gasteiger partial charge in [-0.2, -0.15) is 0 Å². The first-order chi connectivity index (χ1) is 9.08. The van der Waals surface area contributed by atoms with Crippen LogP contribution in [-0.2, 0) is 0 Å². The van der Waals surface area contributed by atoms with Gasteiger partial charge >= 0.3 is 0 Å². The number of carbonyl (C=O) groups is 1. The molecular formula is C15H12ClFO2. The first-order valence-electron chi connectivity index (χ1n) is 5.79. The van der Waals surface area contributed by atoms with E-state index in [4.69, 9.17) is 16.3 Å². The van der Waals surface area contributed by atoms with Gasteiger partial charge in [-0.3, -0.25) is 4.79 Å². The molecule has 2 rings (SSSR count). The van der Waals surface area contributed by atoms with Crippen LogP contribution in [0.2, 0.25) is 5.02 Å². The van der Waals surface area contributed by atoms with Gasteiger partial charge in [-0.1, -0.05) is 41.9 Å². The van der Waals surface area contributed by atoms with E-state index < -0.39 is 11.9 Å². The highest BCUT2D eigenvalue weighted by atomic mass is 35.5. The third kappa shape index (κ3) is 3.32. The van der Waals surface area contributed by atoms with Gasteiger partial charge < -0.3 is 4.74 Å². The largest absolute Gasteiger partial charge is 0.483 e. The molecule has 0 N–H and O–H groups in total. The summed E-state index contributed by atoms with van der Waals surface area (Å²) in [5.41, 5.74) is 0.572. The van der Waals surface area contributed by atoms with Gasteiger partial charge in [0.15, 0.2) is 6.10 Å². The Morgan fingerprint density at radius 3 is 2.53 bits per heavy atom.